The average molecular weight is 404 g/mol. The molecule has 0 radical (unpaired) electrons. The number of aryl methyl sites for hydroxylation is 1. The van der Waals surface area contributed by atoms with Crippen LogP contribution >= 0.6 is 12.4 Å². The van der Waals surface area contributed by atoms with Crippen molar-refractivity contribution in [2.75, 3.05) is 32.7 Å². The van der Waals surface area contributed by atoms with Gasteiger partial charge in [-0.15, -0.1) is 12.4 Å². The Labute approximate surface area is 163 Å². The third-order valence-electron chi connectivity index (χ3n) is 5.10. The summed E-state index contributed by atoms with van der Waals surface area (Å²) in [7, 11) is -3.60. The number of carbonyl (C=O) groups is 1. The van der Waals surface area contributed by atoms with Gasteiger partial charge in [-0.05, 0) is 43.0 Å². The van der Waals surface area contributed by atoms with Gasteiger partial charge in [0.25, 0.3) is 5.91 Å². The highest BCUT2D eigenvalue weighted by Gasteiger charge is 2.35. The molecule has 1 aromatic rings. The molecule has 0 aliphatic carbocycles. The molecule has 0 spiro atoms. The summed E-state index contributed by atoms with van der Waals surface area (Å²) < 4.78 is 27.1. The van der Waals surface area contributed by atoms with Crippen LogP contribution in [0.15, 0.2) is 23.1 Å². The first-order chi connectivity index (χ1) is 11.7. The monoisotopic (exact) mass is 403 g/mol. The number of nitrogens with two attached hydrogens (primary N) is 1. The summed E-state index contributed by atoms with van der Waals surface area (Å²) >= 11 is 0. The molecule has 0 bridgehead atoms. The lowest BCUT2D eigenvalue weighted by Crippen LogP contribution is -2.35. The first kappa shape index (κ1) is 22.9. The fourth-order valence-electron chi connectivity index (χ4n) is 3.26. The van der Waals surface area contributed by atoms with Crippen LogP contribution in [0, 0.1) is 12.3 Å². The van der Waals surface area contributed by atoms with Crippen molar-refractivity contribution >= 4 is 28.3 Å². The van der Waals surface area contributed by atoms with Gasteiger partial charge in [0.15, 0.2) is 0 Å². The van der Waals surface area contributed by atoms with Crippen molar-refractivity contribution in [3.63, 3.8) is 0 Å². The van der Waals surface area contributed by atoms with Gasteiger partial charge < -0.3 is 10.6 Å². The lowest BCUT2D eigenvalue weighted by atomic mass is 9.90. The minimum absolute atomic E-state index is 0. The van der Waals surface area contributed by atoms with E-state index in [4.69, 9.17) is 5.73 Å². The van der Waals surface area contributed by atoms with Crippen LogP contribution in [-0.2, 0) is 10.0 Å². The molecule has 1 aliphatic rings. The van der Waals surface area contributed by atoms with Crippen LogP contribution in [0.1, 0.15) is 43.1 Å². The van der Waals surface area contributed by atoms with Gasteiger partial charge in [0.1, 0.15) is 0 Å². The summed E-state index contributed by atoms with van der Waals surface area (Å²) in [5, 5.41) is 0. The lowest BCUT2D eigenvalue weighted by Gasteiger charge is -2.23. The maximum atomic E-state index is 12.8. The van der Waals surface area contributed by atoms with E-state index >= 15 is 0 Å². The molecule has 2 N–H and O–H groups in total. The molecule has 148 valence electrons. The minimum atomic E-state index is -3.60. The van der Waals surface area contributed by atoms with Crippen LogP contribution in [0.25, 0.3) is 0 Å². The summed E-state index contributed by atoms with van der Waals surface area (Å²) in [6, 6.07) is 4.93. The fraction of sp³-hybridized carbons (Fsp3) is 0.611. The first-order valence-electron chi connectivity index (χ1n) is 8.78. The van der Waals surface area contributed by atoms with Crippen LogP contribution in [-0.4, -0.2) is 56.3 Å². The van der Waals surface area contributed by atoms with Gasteiger partial charge in [-0.2, -0.15) is 4.31 Å². The molecular weight excluding hydrogens is 374 g/mol. The van der Waals surface area contributed by atoms with E-state index < -0.39 is 10.0 Å². The molecule has 2 rings (SSSR count). The highest BCUT2D eigenvalue weighted by molar-refractivity contribution is 7.89. The average Bonchev–Trinajstić information content (AvgIpc) is 2.98. The number of benzene rings is 1. The Morgan fingerprint density at radius 2 is 1.92 bits per heavy atom. The van der Waals surface area contributed by atoms with Crippen molar-refractivity contribution in [3.05, 3.63) is 29.3 Å². The number of amides is 1. The predicted octanol–water partition coefficient (Wildman–Crippen LogP) is 2.26. The molecule has 1 unspecified atom stereocenters. The first-order valence-corrected chi connectivity index (χ1v) is 10.2. The number of hydrogen-bond donors (Lipinski definition) is 1. The molecular formula is C18H30ClN3O3S. The largest absolute Gasteiger partial charge is 0.338 e. The van der Waals surface area contributed by atoms with Crippen molar-refractivity contribution in [2.45, 2.75) is 39.0 Å². The molecule has 1 aromatic carbocycles. The highest BCUT2D eigenvalue weighted by Crippen LogP contribution is 2.30. The highest BCUT2D eigenvalue weighted by atomic mass is 35.5. The van der Waals surface area contributed by atoms with E-state index in [1.54, 1.807) is 24.0 Å². The number of likely N-dealkylation sites (tertiary alicyclic amines) is 1. The fourth-order valence-corrected chi connectivity index (χ4v) is 4.97. The van der Waals surface area contributed by atoms with E-state index in [0.717, 1.165) is 6.42 Å². The minimum Gasteiger partial charge on any atom is -0.338 e. The quantitative estimate of drug-likeness (QED) is 0.789. The van der Waals surface area contributed by atoms with Crippen molar-refractivity contribution < 1.29 is 13.2 Å². The van der Waals surface area contributed by atoms with Crippen LogP contribution in [0.4, 0.5) is 0 Å². The Bertz CT molecular complexity index is 750. The maximum Gasteiger partial charge on any atom is 0.253 e. The van der Waals surface area contributed by atoms with Gasteiger partial charge in [0.05, 0.1) is 4.90 Å². The number of sulfonamides is 1. The number of carbonyl (C=O) groups excluding carboxylic acids is 1. The summed E-state index contributed by atoms with van der Waals surface area (Å²) in [5.74, 6) is -0.131. The normalized spacial score (nSPS) is 20.3. The SMILES string of the molecule is CCN(CC)S(=O)(=O)c1cc(C(=O)N2CCC(C)(CN)C2)ccc1C.Cl. The molecule has 26 heavy (non-hydrogen) atoms. The van der Waals surface area contributed by atoms with Crippen molar-refractivity contribution in [2.24, 2.45) is 11.1 Å². The van der Waals surface area contributed by atoms with Crippen molar-refractivity contribution in [1.29, 1.82) is 0 Å². The smallest absolute Gasteiger partial charge is 0.253 e. The lowest BCUT2D eigenvalue weighted by molar-refractivity contribution is 0.0776. The Kier molecular flexibility index (Phi) is 7.65. The van der Waals surface area contributed by atoms with E-state index in [1.807, 2.05) is 13.8 Å². The van der Waals surface area contributed by atoms with Crippen molar-refractivity contribution in [3.8, 4) is 0 Å². The molecule has 0 aromatic heterocycles. The number of nitrogens with zero attached hydrogens (tertiary/aromatic N) is 2. The van der Waals surface area contributed by atoms with Gasteiger partial charge in [-0.3, -0.25) is 4.79 Å². The molecule has 1 amide bonds. The Morgan fingerprint density at radius 1 is 1.31 bits per heavy atom. The van der Waals surface area contributed by atoms with Crippen LogP contribution in [0.5, 0.6) is 0 Å². The van der Waals surface area contributed by atoms with E-state index in [0.29, 0.717) is 43.9 Å². The molecule has 1 heterocycles. The van der Waals surface area contributed by atoms with Gasteiger partial charge in [-0.25, -0.2) is 8.42 Å². The van der Waals surface area contributed by atoms with Crippen LogP contribution in [0.2, 0.25) is 0 Å². The van der Waals surface area contributed by atoms with E-state index in [-0.39, 0.29) is 28.6 Å². The summed E-state index contributed by atoms with van der Waals surface area (Å²) in [5.41, 5.74) is 6.82. The second-order valence-corrected chi connectivity index (χ2v) is 8.97. The number of rotatable bonds is 6. The molecule has 6 nitrogen and oxygen atoms in total. The number of hydrogen-bond acceptors (Lipinski definition) is 4. The van der Waals surface area contributed by atoms with E-state index in [1.165, 1.54) is 10.4 Å². The van der Waals surface area contributed by atoms with Gasteiger partial charge in [0.2, 0.25) is 10.0 Å². The molecule has 0 saturated carbocycles. The maximum absolute atomic E-state index is 12.8. The molecule has 1 atom stereocenters. The summed E-state index contributed by atoms with van der Waals surface area (Å²) in [6.07, 6.45) is 0.867. The zero-order valence-corrected chi connectivity index (χ0v) is 17.6. The Balaban J connectivity index is 0.00000338. The van der Waals surface area contributed by atoms with Gasteiger partial charge >= 0.3 is 0 Å². The van der Waals surface area contributed by atoms with Gasteiger partial charge in [-0.1, -0.05) is 26.8 Å². The summed E-state index contributed by atoms with van der Waals surface area (Å²) in [6.45, 7) is 10.0. The zero-order valence-electron chi connectivity index (χ0n) is 16.0. The Hall–Kier alpha value is -1.15. The summed E-state index contributed by atoms with van der Waals surface area (Å²) in [4.78, 5) is 14.8. The van der Waals surface area contributed by atoms with Crippen LogP contribution < -0.4 is 5.73 Å². The number of halogens is 1. The zero-order chi connectivity index (χ0) is 18.8. The topological polar surface area (TPSA) is 83.7 Å². The molecule has 1 fully saturated rings. The van der Waals surface area contributed by atoms with E-state index in [2.05, 4.69) is 6.92 Å². The second-order valence-electron chi connectivity index (χ2n) is 7.06. The molecule has 8 heteroatoms. The molecule has 1 saturated heterocycles. The van der Waals surface area contributed by atoms with Crippen LogP contribution in [0.3, 0.4) is 0 Å². The standard InChI is InChI=1S/C18H29N3O3S.ClH/c1-5-21(6-2)25(23,24)16-11-15(8-7-14(16)3)17(22)20-10-9-18(4,12-19)13-20;/h7-8,11H,5-6,9-10,12-13,19H2,1-4H3;1H. The third kappa shape index (κ3) is 4.39. The van der Waals surface area contributed by atoms with Gasteiger partial charge in [0, 0.05) is 31.7 Å². The predicted molar refractivity (Wildman–Crippen MR) is 106 cm³/mol. The second kappa shape index (κ2) is 8.69. The Morgan fingerprint density at radius 3 is 2.42 bits per heavy atom. The van der Waals surface area contributed by atoms with Crippen molar-refractivity contribution in [1.82, 2.24) is 9.21 Å². The van der Waals surface area contributed by atoms with E-state index in [9.17, 15) is 13.2 Å². The molecule has 1 aliphatic heterocycles. The third-order valence-corrected chi connectivity index (χ3v) is 7.29.